The van der Waals surface area contributed by atoms with Gasteiger partial charge in [0.1, 0.15) is 22.2 Å². The summed E-state index contributed by atoms with van der Waals surface area (Å²) in [5.41, 5.74) is 1.51. The molecule has 0 bridgehead atoms. The van der Waals surface area contributed by atoms with E-state index in [1.54, 1.807) is 19.4 Å². The van der Waals surface area contributed by atoms with Crippen LogP contribution in [0.1, 0.15) is 11.6 Å². The molecule has 0 spiro atoms. The van der Waals surface area contributed by atoms with Crippen molar-refractivity contribution < 1.29 is 19.0 Å². The van der Waals surface area contributed by atoms with E-state index < -0.39 is 6.10 Å². The van der Waals surface area contributed by atoms with Crippen LogP contribution in [-0.4, -0.2) is 52.9 Å². The van der Waals surface area contributed by atoms with Crippen LogP contribution in [0.25, 0.3) is 21.3 Å². The first-order valence-electron chi connectivity index (χ1n) is 10.8. The van der Waals surface area contributed by atoms with E-state index in [1.165, 1.54) is 11.3 Å². The van der Waals surface area contributed by atoms with Crippen LogP contribution in [0.5, 0.6) is 5.75 Å². The summed E-state index contributed by atoms with van der Waals surface area (Å²) in [6.45, 7) is 5.26. The second-order valence-electron chi connectivity index (χ2n) is 7.80. The van der Waals surface area contributed by atoms with Crippen LogP contribution in [0.4, 0.5) is 0 Å². The van der Waals surface area contributed by atoms with Crippen molar-refractivity contribution in [3.8, 4) is 16.9 Å². The molecule has 0 aliphatic rings. The number of hydrogen-bond acceptors (Lipinski definition) is 8. The van der Waals surface area contributed by atoms with Gasteiger partial charge in [0, 0.05) is 17.5 Å². The molecular formula is C25H27N3O5S. The maximum absolute atomic E-state index is 13.1. The van der Waals surface area contributed by atoms with E-state index in [4.69, 9.17) is 18.9 Å². The number of aliphatic hydroxyl groups excluding tert-OH is 1. The Bertz CT molecular complexity index is 1280. The largest absolute Gasteiger partial charge is 0.497 e. The third-order valence-electron chi connectivity index (χ3n) is 5.22. The lowest BCUT2D eigenvalue weighted by atomic mass is 10.1. The summed E-state index contributed by atoms with van der Waals surface area (Å²) in [4.78, 5) is 23.3. The van der Waals surface area contributed by atoms with E-state index >= 15 is 0 Å². The van der Waals surface area contributed by atoms with Crippen molar-refractivity contribution >= 4 is 21.6 Å². The predicted octanol–water partition coefficient (Wildman–Crippen LogP) is 3.82. The first kappa shape index (κ1) is 23.9. The van der Waals surface area contributed by atoms with E-state index in [1.807, 2.05) is 46.7 Å². The minimum absolute atomic E-state index is 0.179. The Hall–Kier alpha value is -3.24. The van der Waals surface area contributed by atoms with Crippen molar-refractivity contribution in [1.29, 1.82) is 0 Å². The van der Waals surface area contributed by atoms with E-state index in [2.05, 4.69) is 11.6 Å². The van der Waals surface area contributed by atoms with Crippen LogP contribution >= 0.6 is 11.3 Å². The summed E-state index contributed by atoms with van der Waals surface area (Å²) in [6, 6.07) is 11.3. The molecule has 34 heavy (non-hydrogen) atoms. The van der Waals surface area contributed by atoms with Gasteiger partial charge in [0.25, 0.3) is 5.56 Å². The van der Waals surface area contributed by atoms with Gasteiger partial charge in [0.2, 0.25) is 0 Å². The number of benzene rings is 1. The number of H-pyrrole nitrogens is 1. The average Bonchev–Trinajstić information content (AvgIpc) is 3.49. The zero-order chi connectivity index (χ0) is 23.9. The first-order chi connectivity index (χ1) is 16.6. The molecule has 4 aromatic rings. The Morgan fingerprint density at radius 2 is 2.21 bits per heavy atom. The Kier molecular flexibility index (Phi) is 7.91. The molecule has 0 aliphatic carbocycles. The van der Waals surface area contributed by atoms with Crippen molar-refractivity contribution in [3.63, 3.8) is 0 Å². The fourth-order valence-corrected chi connectivity index (χ4v) is 4.70. The third kappa shape index (κ3) is 5.81. The Balaban J connectivity index is 1.58. The molecule has 0 radical (unpaired) electrons. The van der Waals surface area contributed by atoms with Gasteiger partial charge in [-0.15, -0.1) is 17.9 Å². The molecule has 1 atom stereocenters. The number of nitrogens with one attached hydrogen (secondary N) is 1. The molecule has 0 amide bonds. The number of ether oxygens (including phenoxy) is 2. The van der Waals surface area contributed by atoms with Gasteiger partial charge in [-0.05, 0) is 29.8 Å². The average molecular weight is 482 g/mol. The Morgan fingerprint density at radius 3 is 2.97 bits per heavy atom. The quantitative estimate of drug-likeness (QED) is 0.234. The van der Waals surface area contributed by atoms with Crippen LogP contribution in [0.15, 0.2) is 69.9 Å². The van der Waals surface area contributed by atoms with Gasteiger partial charge < -0.3 is 24.0 Å². The monoisotopic (exact) mass is 481 g/mol. The van der Waals surface area contributed by atoms with Crippen molar-refractivity contribution in [2.45, 2.75) is 19.2 Å². The highest BCUT2D eigenvalue weighted by Crippen LogP contribution is 2.32. The lowest BCUT2D eigenvalue weighted by Crippen LogP contribution is -2.35. The molecule has 2 N–H and O–H groups in total. The number of rotatable bonds is 12. The number of fused-ring (bicyclic) bond motifs is 1. The highest BCUT2D eigenvalue weighted by atomic mass is 32.1. The number of aromatic amines is 1. The van der Waals surface area contributed by atoms with Crippen LogP contribution < -0.4 is 10.3 Å². The van der Waals surface area contributed by atoms with Crippen LogP contribution in [0.3, 0.4) is 0 Å². The molecule has 178 valence electrons. The first-order valence-corrected chi connectivity index (χ1v) is 11.7. The van der Waals surface area contributed by atoms with Gasteiger partial charge >= 0.3 is 0 Å². The standard InChI is InChI=1S/C25H27N3O5S/c1-3-9-32-15-18(29)12-28(13-20-8-5-10-33-20)14-22-26-24(30)23-21(16-34-25(23)27-22)17-6-4-7-19(11-17)31-2/h3-8,10-11,16,18,29H,1,9,12-15H2,2H3,(H,26,27,30). The molecule has 8 nitrogen and oxygen atoms in total. The topological polar surface area (TPSA) is 101 Å². The molecule has 4 rings (SSSR count). The van der Waals surface area contributed by atoms with E-state index in [0.717, 1.165) is 22.6 Å². The summed E-state index contributed by atoms with van der Waals surface area (Å²) in [5, 5.41) is 12.9. The molecule has 0 saturated carbocycles. The number of nitrogens with zero attached hydrogens (tertiary/aromatic N) is 2. The number of aromatic nitrogens is 2. The van der Waals surface area contributed by atoms with Gasteiger partial charge in [-0.1, -0.05) is 18.2 Å². The molecular weight excluding hydrogens is 454 g/mol. The lowest BCUT2D eigenvalue weighted by molar-refractivity contribution is 0.0210. The second-order valence-corrected chi connectivity index (χ2v) is 8.66. The maximum atomic E-state index is 13.1. The van der Waals surface area contributed by atoms with Crippen molar-refractivity contribution in [2.75, 3.05) is 26.9 Å². The molecule has 0 aliphatic heterocycles. The Morgan fingerprint density at radius 1 is 1.32 bits per heavy atom. The molecule has 3 heterocycles. The molecule has 3 aromatic heterocycles. The van der Waals surface area contributed by atoms with Gasteiger partial charge in [-0.3, -0.25) is 9.69 Å². The number of furan rings is 1. The van der Waals surface area contributed by atoms with Crippen molar-refractivity contribution in [1.82, 2.24) is 14.9 Å². The minimum Gasteiger partial charge on any atom is -0.497 e. The van der Waals surface area contributed by atoms with Crippen molar-refractivity contribution in [3.05, 3.63) is 82.6 Å². The normalized spacial score (nSPS) is 12.3. The minimum atomic E-state index is -0.716. The molecule has 0 fully saturated rings. The number of thiophene rings is 1. The lowest BCUT2D eigenvalue weighted by Gasteiger charge is -2.23. The number of methoxy groups -OCH3 is 1. The number of hydrogen-bond donors (Lipinski definition) is 2. The summed E-state index contributed by atoms with van der Waals surface area (Å²) in [7, 11) is 1.61. The van der Waals surface area contributed by atoms with Crippen LogP contribution in [0.2, 0.25) is 0 Å². The zero-order valence-corrected chi connectivity index (χ0v) is 19.7. The molecule has 1 aromatic carbocycles. The summed E-state index contributed by atoms with van der Waals surface area (Å²) < 4.78 is 16.2. The van der Waals surface area contributed by atoms with Crippen LogP contribution in [0, 0.1) is 0 Å². The SMILES string of the molecule is C=CCOCC(O)CN(Cc1nc2scc(-c3cccc(OC)c3)c2c(=O)[nH]1)Cc1ccco1. The second kappa shape index (κ2) is 11.3. The fourth-order valence-electron chi connectivity index (χ4n) is 3.73. The Labute approximate surface area is 201 Å². The van der Waals surface area contributed by atoms with Crippen molar-refractivity contribution in [2.24, 2.45) is 0 Å². The van der Waals surface area contributed by atoms with E-state index in [-0.39, 0.29) is 12.2 Å². The molecule has 1 unspecified atom stereocenters. The molecule has 0 saturated heterocycles. The van der Waals surface area contributed by atoms with E-state index in [9.17, 15) is 9.90 Å². The van der Waals surface area contributed by atoms with Crippen LogP contribution in [-0.2, 0) is 17.8 Å². The summed E-state index contributed by atoms with van der Waals surface area (Å²) in [6.07, 6.45) is 2.53. The highest BCUT2D eigenvalue weighted by molar-refractivity contribution is 7.17. The zero-order valence-electron chi connectivity index (χ0n) is 18.9. The summed E-state index contributed by atoms with van der Waals surface area (Å²) in [5.74, 6) is 1.99. The third-order valence-corrected chi connectivity index (χ3v) is 6.09. The van der Waals surface area contributed by atoms with Gasteiger partial charge in [-0.25, -0.2) is 4.98 Å². The fraction of sp³-hybridized carbons (Fsp3) is 0.280. The highest BCUT2D eigenvalue weighted by Gasteiger charge is 2.18. The van der Waals surface area contributed by atoms with Gasteiger partial charge in [0.05, 0.1) is 51.2 Å². The van der Waals surface area contributed by atoms with Gasteiger partial charge in [-0.2, -0.15) is 0 Å². The smallest absolute Gasteiger partial charge is 0.260 e. The molecule has 9 heteroatoms. The predicted molar refractivity (Wildman–Crippen MR) is 132 cm³/mol. The maximum Gasteiger partial charge on any atom is 0.260 e. The summed E-state index contributed by atoms with van der Waals surface area (Å²) >= 11 is 1.42. The van der Waals surface area contributed by atoms with E-state index in [0.29, 0.717) is 42.3 Å². The number of aliphatic hydroxyl groups is 1. The van der Waals surface area contributed by atoms with Gasteiger partial charge in [0.15, 0.2) is 0 Å².